The monoisotopic (exact) mass is 293 g/mol. The molecule has 4 nitrogen and oxygen atoms in total. The van der Waals surface area contributed by atoms with Gasteiger partial charge in [0.15, 0.2) is 0 Å². The number of anilines is 1. The number of carbonyl (C=O) groups excluding carboxylic acids is 1. The molecule has 0 unspecified atom stereocenters. The minimum absolute atomic E-state index is 0.00303. The molecular weight excluding hydrogens is 269 g/mol. The van der Waals surface area contributed by atoms with Crippen molar-refractivity contribution in [2.75, 3.05) is 25.0 Å². The Hall–Kier alpha value is -1.62. The Balaban J connectivity index is 2.01. The van der Waals surface area contributed by atoms with Gasteiger partial charge in [0, 0.05) is 30.9 Å². The summed E-state index contributed by atoms with van der Waals surface area (Å²) >= 11 is 0. The number of rotatable bonds is 8. The molecule has 1 aromatic carbocycles. The maximum absolute atomic E-state index is 14.0. The van der Waals surface area contributed by atoms with Crippen molar-refractivity contribution in [3.05, 3.63) is 29.6 Å². The van der Waals surface area contributed by atoms with Crippen molar-refractivity contribution >= 4 is 11.6 Å². The molecule has 1 aliphatic rings. The second kappa shape index (κ2) is 7.41. The molecule has 1 aliphatic carbocycles. The van der Waals surface area contributed by atoms with Gasteiger partial charge in [0.2, 0.25) is 5.91 Å². The zero-order valence-corrected chi connectivity index (χ0v) is 12.8. The minimum Gasteiger partial charge on any atom is -0.365 e. The summed E-state index contributed by atoms with van der Waals surface area (Å²) in [4.78, 5) is 13.7. The molecule has 1 fully saturated rings. The molecule has 2 rings (SSSR count). The van der Waals surface area contributed by atoms with Crippen molar-refractivity contribution < 1.29 is 9.18 Å². The molecule has 116 valence electrons. The highest BCUT2D eigenvalue weighted by molar-refractivity contribution is 5.82. The number of benzene rings is 1. The zero-order chi connectivity index (χ0) is 15.2. The normalized spacial score (nSPS) is 14.0. The smallest absolute Gasteiger partial charge is 0.239 e. The Labute approximate surface area is 125 Å². The van der Waals surface area contributed by atoms with Crippen LogP contribution in [0.2, 0.25) is 0 Å². The van der Waals surface area contributed by atoms with Gasteiger partial charge in [0.1, 0.15) is 5.82 Å². The first kappa shape index (κ1) is 15.8. The van der Waals surface area contributed by atoms with E-state index in [2.05, 4.69) is 17.6 Å². The van der Waals surface area contributed by atoms with Crippen molar-refractivity contribution in [3.8, 4) is 0 Å². The highest BCUT2D eigenvalue weighted by Crippen LogP contribution is 2.23. The van der Waals surface area contributed by atoms with Crippen LogP contribution in [-0.4, -0.2) is 32.1 Å². The molecule has 0 bridgehead atoms. The first-order chi connectivity index (χ1) is 10.1. The molecule has 0 aliphatic heterocycles. The van der Waals surface area contributed by atoms with Gasteiger partial charge < -0.3 is 15.5 Å². The van der Waals surface area contributed by atoms with E-state index in [0.717, 1.165) is 31.5 Å². The van der Waals surface area contributed by atoms with E-state index in [9.17, 15) is 9.18 Å². The van der Waals surface area contributed by atoms with Gasteiger partial charge in [-0.05, 0) is 37.9 Å². The number of nitrogens with one attached hydrogen (secondary N) is 2. The molecule has 0 radical (unpaired) electrons. The Morgan fingerprint density at radius 2 is 2.19 bits per heavy atom. The van der Waals surface area contributed by atoms with Gasteiger partial charge >= 0.3 is 0 Å². The number of likely N-dealkylation sites (N-methyl/N-ethyl adjacent to an activating group) is 1. The number of hydrogen-bond donors (Lipinski definition) is 2. The van der Waals surface area contributed by atoms with E-state index in [1.165, 1.54) is 6.07 Å². The van der Waals surface area contributed by atoms with E-state index in [0.29, 0.717) is 18.2 Å². The maximum atomic E-state index is 14.0. The SMILES string of the molecule is CCCNCc1c(F)cccc1N(C)CC(=O)NC1CC1. The molecule has 0 saturated heterocycles. The summed E-state index contributed by atoms with van der Waals surface area (Å²) in [7, 11) is 1.82. The highest BCUT2D eigenvalue weighted by Gasteiger charge is 2.24. The van der Waals surface area contributed by atoms with Gasteiger partial charge in [-0.25, -0.2) is 4.39 Å². The topological polar surface area (TPSA) is 44.4 Å². The van der Waals surface area contributed by atoms with Crippen molar-refractivity contribution in [3.63, 3.8) is 0 Å². The molecule has 1 saturated carbocycles. The van der Waals surface area contributed by atoms with Crippen LogP contribution in [0.3, 0.4) is 0 Å². The van der Waals surface area contributed by atoms with Crippen LogP contribution in [0.4, 0.5) is 10.1 Å². The Bertz CT molecular complexity index is 488. The number of amides is 1. The van der Waals surface area contributed by atoms with Gasteiger partial charge in [-0.2, -0.15) is 0 Å². The zero-order valence-electron chi connectivity index (χ0n) is 12.8. The molecule has 0 atom stereocenters. The third-order valence-electron chi connectivity index (χ3n) is 3.56. The fourth-order valence-electron chi connectivity index (χ4n) is 2.27. The van der Waals surface area contributed by atoms with E-state index in [1.54, 1.807) is 6.07 Å². The molecular formula is C16H24FN3O. The maximum Gasteiger partial charge on any atom is 0.239 e. The van der Waals surface area contributed by atoms with E-state index in [-0.39, 0.29) is 18.3 Å². The van der Waals surface area contributed by atoms with E-state index in [1.807, 2.05) is 18.0 Å². The fraction of sp³-hybridized carbons (Fsp3) is 0.562. The van der Waals surface area contributed by atoms with E-state index < -0.39 is 0 Å². The molecule has 0 heterocycles. The Morgan fingerprint density at radius 3 is 2.86 bits per heavy atom. The summed E-state index contributed by atoms with van der Waals surface area (Å²) in [5.74, 6) is -0.234. The predicted molar refractivity (Wildman–Crippen MR) is 82.8 cm³/mol. The van der Waals surface area contributed by atoms with Gasteiger partial charge in [0.25, 0.3) is 0 Å². The van der Waals surface area contributed by atoms with Crippen LogP contribution in [0.25, 0.3) is 0 Å². The lowest BCUT2D eigenvalue weighted by Gasteiger charge is -2.22. The Kier molecular flexibility index (Phi) is 5.56. The number of carbonyl (C=O) groups is 1. The average molecular weight is 293 g/mol. The third kappa shape index (κ3) is 4.70. The summed E-state index contributed by atoms with van der Waals surface area (Å²) in [6.45, 7) is 3.65. The number of hydrogen-bond acceptors (Lipinski definition) is 3. The van der Waals surface area contributed by atoms with Gasteiger partial charge in [0.05, 0.1) is 6.54 Å². The highest BCUT2D eigenvalue weighted by atomic mass is 19.1. The van der Waals surface area contributed by atoms with Crippen LogP contribution in [0.5, 0.6) is 0 Å². The van der Waals surface area contributed by atoms with Gasteiger partial charge in [-0.1, -0.05) is 13.0 Å². The first-order valence-corrected chi connectivity index (χ1v) is 7.60. The second-order valence-corrected chi connectivity index (χ2v) is 5.61. The predicted octanol–water partition coefficient (Wildman–Crippen LogP) is 2.04. The summed E-state index contributed by atoms with van der Waals surface area (Å²) in [5, 5.41) is 6.17. The molecule has 1 aromatic rings. The van der Waals surface area contributed by atoms with E-state index >= 15 is 0 Å². The molecule has 1 amide bonds. The van der Waals surface area contributed by atoms with Crippen LogP contribution < -0.4 is 15.5 Å². The first-order valence-electron chi connectivity index (χ1n) is 7.60. The van der Waals surface area contributed by atoms with Crippen molar-refractivity contribution in [2.45, 2.75) is 38.8 Å². The van der Waals surface area contributed by atoms with Crippen molar-refractivity contribution in [1.82, 2.24) is 10.6 Å². The molecule has 0 spiro atoms. The third-order valence-corrected chi connectivity index (χ3v) is 3.56. The van der Waals surface area contributed by atoms with Crippen molar-refractivity contribution in [2.24, 2.45) is 0 Å². The lowest BCUT2D eigenvalue weighted by atomic mass is 10.1. The lowest BCUT2D eigenvalue weighted by molar-refractivity contribution is -0.119. The standard InChI is InChI=1S/C16H24FN3O/c1-3-9-18-10-13-14(17)5-4-6-15(13)20(2)11-16(21)19-12-7-8-12/h4-6,12,18H,3,7-11H2,1-2H3,(H,19,21). The van der Waals surface area contributed by atoms with Crippen LogP contribution in [-0.2, 0) is 11.3 Å². The summed E-state index contributed by atoms with van der Waals surface area (Å²) < 4.78 is 14.0. The van der Waals surface area contributed by atoms with Gasteiger partial charge in [-0.15, -0.1) is 0 Å². The van der Waals surface area contributed by atoms with E-state index in [4.69, 9.17) is 0 Å². The lowest BCUT2D eigenvalue weighted by Crippen LogP contribution is -2.36. The number of nitrogens with zero attached hydrogens (tertiary/aromatic N) is 1. The largest absolute Gasteiger partial charge is 0.365 e. The van der Waals surface area contributed by atoms with Crippen LogP contribution in [0.1, 0.15) is 31.7 Å². The molecule has 2 N–H and O–H groups in total. The fourth-order valence-corrected chi connectivity index (χ4v) is 2.27. The Morgan fingerprint density at radius 1 is 1.43 bits per heavy atom. The van der Waals surface area contributed by atoms with Crippen LogP contribution in [0.15, 0.2) is 18.2 Å². The molecule has 0 aromatic heterocycles. The van der Waals surface area contributed by atoms with Crippen LogP contribution in [0, 0.1) is 5.82 Å². The summed E-state index contributed by atoms with van der Waals surface area (Å²) in [6, 6.07) is 5.36. The summed E-state index contributed by atoms with van der Waals surface area (Å²) in [5.41, 5.74) is 1.39. The average Bonchev–Trinajstić information content (AvgIpc) is 3.24. The quantitative estimate of drug-likeness (QED) is 0.721. The second-order valence-electron chi connectivity index (χ2n) is 5.61. The number of halogens is 1. The molecule has 21 heavy (non-hydrogen) atoms. The molecule has 5 heteroatoms. The van der Waals surface area contributed by atoms with Gasteiger partial charge in [-0.3, -0.25) is 4.79 Å². The minimum atomic E-state index is -0.231. The van der Waals surface area contributed by atoms with Crippen LogP contribution >= 0.6 is 0 Å². The summed E-state index contributed by atoms with van der Waals surface area (Å²) in [6.07, 6.45) is 3.15. The van der Waals surface area contributed by atoms with Crippen molar-refractivity contribution in [1.29, 1.82) is 0 Å².